The lowest BCUT2D eigenvalue weighted by Crippen LogP contribution is -2.42. The average molecular weight is 393 g/mol. The van der Waals surface area contributed by atoms with E-state index in [1.807, 2.05) is 18.3 Å². The molecule has 1 N–H and O–H groups in total. The van der Waals surface area contributed by atoms with Gasteiger partial charge in [0.1, 0.15) is 5.71 Å². The van der Waals surface area contributed by atoms with Crippen molar-refractivity contribution in [3.8, 4) is 0 Å². The molecule has 2 aliphatic heterocycles. The van der Waals surface area contributed by atoms with Crippen LogP contribution in [0.4, 0.5) is 0 Å². The van der Waals surface area contributed by atoms with Crippen molar-refractivity contribution >= 4 is 28.1 Å². The molecule has 1 fully saturated rings. The maximum absolute atomic E-state index is 12.7. The molecule has 29 heavy (non-hydrogen) atoms. The summed E-state index contributed by atoms with van der Waals surface area (Å²) < 4.78 is 5.37. The van der Waals surface area contributed by atoms with Crippen LogP contribution in [0, 0.1) is 0 Å². The number of nitrogens with one attached hydrogen (secondary N) is 1. The second-order valence-corrected chi connectivity index (χ2v) is 7.57. The number of amides is 1. The molecule has 0 aliphatic carbocycles. The van der Waals surface area contributed by atoms with Crippen LogP contribution in [0.15, 0.2) is 47.6 Å². The van der Waals surface area contributed by atoms with Gasteiger partial charge in [-0.1, -0.05) is 25.1 Å². The van der Waals surface area contributed by atoms with Crippen molar-refractivity contribution < 1.29 is 9.53 Å². The van der Waals surface area contributed by atoms with E-state index in [4.69, 9.17) is 4.74 Å². The monoisotopic (exact) mass is 392 g/mol. The molecule has 0 radical (unpaired) electrons. The second kappa shape index (κ2) is 9.29. The molecule has 6 heteroatoms. The summed E-state index contributed by atoms with van der Waals surface area (Å²) in [7, 11) is 0. The van der Waals surface area contributed by atoms with E-state index < -0.39 is 0 Å². The first-order chi connectivity index (χ1) is 14.2. The third kappa shape index (κ3) is 4.89. The summed E-state index contributed by atoms with van der Waals surface area (Å²) in [6.07, 6.45) is 5.51. The van der Waals surface area contributed by atoms with E-state index in [0.29, 0.717) is 12.3 Å². The minimum atomic E-state index is -0.0900. The number of pyridine rings is 1. The fourth-order valence-corrected chi connectivity index (χ4v) is 3.83. The number of dihydropyridines is 1. The van der Waals surface area contributed by atoms with E-state index in [1.165, 1.54) is 0 Å². The van der Waals surface area contributed by atoms with Crippen LogP contribution in [0.3, 0.4) is 0 Å². The van der Waals surface area contributed by atoms with Gasteiger partial charge in [0.15, 0.2) is 0 Å². The van der Waals surface area contributed by atoms with E-state index in [1.54, 1.807) is 0 Å². The molecule has 6 nitrogen and oxygen atoms in total. The minimum absolute atomic E-state index is 0.0900. The third-order valence-corrected chi connectivity index (χ3v) is 5.59. The van der Waals surface area contributed by atoms with Gasteiger partial charge < -0.3 is 10.1 Å². The fourth-order valence-electron chi connectivity index (χ4n) is 3.83. The highest BCUT2D eigenvalue weighted by molar-refractivity contribution is 6.44. The van der Waals surface area contributed by atoms with Crippen molar-refractivity contribution in [3.63, 3.8) is 0 Å². The van der Waals surface area contributed by atoms with Crippen LogP contribution in [0.2, 0.25) is 0 Å². The van der Waals surface area contributed by atoms with E-state index in [2.05, 4.69) is 51.4 Å². The van der Waals surface area contributed by atoms with Crippen molar-refractivity contribution in [2.75, 3.05) is 39.4 Å². The summed E-state index contributed by atoms with van der Waals surface area (Å²) >= 11 is 0. The van der Waals surface area contributed by atoms with Crippen LogP contribution in [0.1, 0.15) is 25.3 Å². The average Bonchev–Trinajstić information content (AvgIpc) is 2.79. The van der Waals surface area contributed by atoms with Crippen LogP contribution in [-0.2, 0) is 9.53 Å². The molecule has 3 heterocycles. The van der Waals surface area contributed by atoms with Gasteiger partial charge in [0.2, 0.25) is 0 Å². The maximum Gasteiger partial charge on any atom is 0.269 e. The van der Waals surface area contributed by atoms with Crippen molar-refractivity contribution in [2.24, 2.45) is 4.99 Å². The topological polar surface area (TPSA) is 66.8 Å². The van der Waals surface area contributed by atoms with Gasteiger partial charge in [-0.15, -0.1) is 0 Å². The molecule has 2 aromatic rings. The van der Waals surface area contributed by atoms with Gasteiger partial charge in [-0.05, 0) is 42.2 Å². The third-order valence-electron chi connectivity index (χ3n) is 5.59. The summed E-state index contributed by atoms with van der Waals surface area (Å²) in [5, 5.41) is 4.16. The van der Waals surface area contributed by atoms with Crippen molar-refractivity contribution in [1.29, 1.82) is 0 Å². The molecule has 2 aliphatic rings. The van der Waals surface area contributed by atoms with Crippen LogP contribution < -0.4 is 5.32 Å². The summed E-state index contributed by atoms with van der Waals surface area (Å²) in [6.45, 7) is 6.97. The fraction of sp³-hybridized carbons (Fsp3) is 0.435. The number of hydrogen-bond donors (Lipinski definition) is 1. The molecule has 1 saturated heterocycles. The SMILES string of the molecule is CCC1CC(c2ccc3cccnc3c2)=CC(C(=O)NCCN2CCOCC2)=N1. The van der Waals surface area contributed by atoms with Crippen LogP contribution in [-0.4, -0.2) is 66.9 Å². The number of fused-ring (bicyclic) bond motifs is 1. The molecule has 1 atom stereocenters. The first kappa shape index (κ1) is 19.7. The van der Waals surface area contributed by atoms with Gasteiger partial charge in [0.05, 0.1) is 24.8 Å². The van der Waals surface area contributed by atoms with Gasteiger partial charge in [-0.3, -0.25) is 19.7 Å². The molecule has 1 aromatic heterocycles. The summed E-state index contributed by atoms with van der Waals surface area (Å²) in [5.41, 5.74) is 3.76. The highest BCUT2D eigenvalue weighted by Crippen LogP contribution is 2.28. The Kier molecular flexibility index (Phi) is 6.32. The highest BCUT2D eigenvalue weighted by atomic mass is 16.5. The number of rotatable bonds is 6. The number of carbonyl (C=O) groups excluding carboxylic acids is 1. The first-order valence-electron chi connectivity index (χ1n) is 10.4. The molecule has 0 bridgehead atoms. The normalized spacial score (nSPS) is 20.2. The molecule has 1 amide bonds. The molecular weight excluding hydrogens is 364 g/mol. The quantitative estimate of drug-likeness (QED) is 0.821. The zero-order valence-electron chi connectivity index (χ0n) is 16.9. The summed E-state index contributed by atoms with van der Waals surface area (Å²) in [6, 6.07) is 10.4. The van der Waals surface area contributed by atoms with E-state index in [9.17, 15) is 4.79 Å². The molecule has 152 valence electrons. The number of hydrogen-bond acceptors (Lipinski definition) is 5. The highest BCUT2D eigenvalue weighted by Gasteiger charge is 2.21. The van der Waals surface area contributed by atoms with E-state index in [0.717, 1.165) is 67.7 Å². The van der Waals surface area contributed by atoms with Crippen LogP contribution in [0.5, 0.6) is 0 Å². The van der Waals surface area contributed by atoms with Crippen molar-refractivity contribution in [3.05, 3.63) is 48.2 Å². The maximum atomic E-state index is 12.7. The molecule has 1 unspecified atom stereocenters. The number of aliphatic imine (C=N–C) groups is 1. The van der Waals surface area contributed by atoms with Gasteiger partial charge in [0, 0.05) is 37.8 Å². The first-order valence-corrected chi connectivity index (χ1v) is 10.4. The van der Waals surface area contributed by atoms with Crippen LogP contribution >= 0.6 is 0 Å². The van der Waals surface area contributed by atoms with E-state index in [-0.39, 0.29) is 11.9 Å². The predicted molar refractivity (Wildman–Crippen MR) is 116 cm³/mol. The summed E-state index contributed by atoms with van der Waals surface area (Å²) in [5.74, 6) is -0.0900. The summed E-state index contributed by atoms with van der Waals surface area (Å²) in [4.78, 5) is 24.2. The minimum Gasteiger partial charge on any atom is -0.379 e. The smallest absolute Gasteiger partial charge is 0.269 e. The molecular formula is C23H28N4O2. The zero-order chi connectivity index (χ0) is 20.1. The Balaban J connectivity index is 1.46. The number of nitrogens with zero attached hydrogens (tertiary/aromatic N) is 3. The number of ether oxygens (including phenoxy) is 1. The Morgan fingerprint density at radius 2 is 2.14 bits per heavy atom. The zero-order valence-corrected chi connectivity index (χ0v) is 16.9. The lowest BCUT2D eigenvalue weighted by Gasteiger charge is -2.26. The van der Waals surface area contributed by atoms with Gasteiger partial charge in [-0.25, -0.2) is 0 Å². The van der Waals surface area contributed by atoms with Crippen molar-refractivity contribution in [2.45, 2.75) is 25.8 Å². The number of aromatic nitrogens is 1. The number of benzene rings is 1. The number of carbonyl (C=O) groups is 1. The largest absolute Gasteiger partial charge is 0.379 e. The molecule has 1 aromatic carbocycles. The van der Waals surface area contributed by atoms with Crippen LogP contribution in [0.25, 0.3) is 16.5 Å². The Labute approximate surface area is 171 Å². The van der Waals surface area contributed by atoms with Gasteiger partial charge >= 0.3 is 0 Å². The standard InChI is InChI=1S/C23H28N4O2/c1-2-20-14-19(18-6-5-17-4-3-7-24-21(17)15-18)16-22(26-20)23(28)25-8-9-27-10-12-29-13-11-27/h3-7,15-16,20H,2,8-14H2,1H3,(H,25,28). The van der Waals surface area contributed by atoms with Gasteiger partial charge in [0.25, 0.3) is 5.91 Å². The Morgan fingerprint density at radius 3 is 2.97 bits per heavy atom. The Morgan fingerprint density at radius 1 is 1.28 bits per heavy atom. The molecule has 0 spiro atoms. The molecule has 4 rings (SSSR count). The lowest BCUT2D eigenvalue weighted by atomic mass is 9.92. The Bertz CT molecular complexity index is 931. The van der Waals surface area contributed by atoms with Crippen molar-refractivity contribution in [1.82, 2.24) is 15.2 Å². The predicted octanol–water partition coefficient (Wildman–Crippen LogP) is 2.69. The number of morpholine rings is 1. The van der Waals surface area contributed by atoms with Gasteiger partial charge in [-0.2, -0.15) is 0 Å². The van der Waals surface area contributed by atoms with E-state index >= 15 is 0 Å². The lowest BCUT2D eigenvalue weighted by molar-refractivity contribution is -0.114. The Hall–Kier alpha value is -2.57. The molecule has 0 saturated carbocycles. The second-order valence-electron chi connectivity index (χ2n) is 7.57.